The quantitative estimate of drug-likeness (QED) is 0.543. The van der Waals surface area contributed by atoms with E-state index >= 15 is 0 Å². The van der Waals surface area contributed by atoms with Gasteiger partial charge in [0.25, 0.3) is 0 Å². The number of ether oxygens (including phenoxy) is 1. The van der Waals surface area contributed by atoms with Crippen LogP contribution in [0.1, 0.15) is 5.56 Å². The molecule has 12 heavy (non-hydrogen) atoms. The summed E-state index contributed by atoms with van der Waals surface area (Å²) in [5.41, 5.74) is 6.72. The Morgan fingerprint density at radius 3 is 2.50 bits per heavy atom. The minimum Gasteiger partial charge on any atom is -0.435 e. The predicted molar refractivity (Wildman–Crippen MR) is 42.1 cm³/mol. The number of halogens is 1. The number of carbonyl (C=O) groups is 1. The second kappa shape index (κ2) is 3.71. The van der Waals surface area contributed by atoms with Gasteiger partial charge in [-0.3, -0.25) is 0 Å². The third kappa shape index (κ3) is 2.57. The molecule has 0 aromatic heterocycles. The summed E-state index contributed by atoms with van der Waals surface area (Å²) in [5.74, 6) is 0. The molecule has 0 heterocycles. The largest absolute Gasteiger partial charge is 0.495 e. The Morgan fingerprint density at radius 2 is 2.00 bits per heavy atom. The number of carbonyl (C=O) groups excluding carboxylic acids is 1. The highest BCUT2D eigenvalue weighted by Crippen LogP contribution is 2.06. The first-order valence-electron chi connectivity index (χ1n) is 3.35. The van der Waals surface area contributed by atoms with Gasteiger partial charge in [-0.15, -0.1) is 4.39 Å². The Morgan fingerprint density at radius 1 is 1.42 bits per heavy atom. The molecular formula is C8H8FNO2. The second-order valence-electron chi connectivity index (χ2n) is 2.27. The van der Waals surface area contributed by atoms with Gasteiger partial charge in [-0.25, -0.2) is 4.79 Å². The maximum Gasteiger partial charge on any atom is 0.495 e. The van der Waals surface area contributed by atoms with Crippen LogP contribution in [0, 0.1) is 0 Å². The summed E-state index contributed by atoms with van der Waals surface area (Å²) >= 11 is 0. The van der Waals surface area contributed by atoms with Crippen LogP contribution in [-0.4, -0.2) is 6.22 Å². The number of hydrogen-bond acceptors (Lipinski definition) is 3. The van der Waals surface area contributed by atoms with Gasteiger partial charge in [0.2, 0.25) is 0 Å². The van der Waals surface area contributed by atoms with Crippen LogP contribution in [-0.2, 0) is 11.3 Å². The van der Waals surface area contributed by atoms with Crippen LogP contribution in [0.2, 0.25) is 0 Å². The Labute approximate surface area is 68.9 Å². The van der Waals surface area contributed by atoms with Gasteiger partial charge in [0.1, 0.15) is 6.61 Å². The molecule has 0 unspecified atom stereocenters. The molecule has 4 heteroatoms. The molecule has 0 aliphatic rings. The van der Waals surface area contributed by atoms with E-state index in [1.54, 1.807) is 24.3 Å². The highest BCUT2D eigenvalue weighted by atomic mass is 19.1. The fourth-order valence-corrected chi connectivity index (χ4v) is 0.754. The molecule has 0 amide bonds. The standard InChI is InChI=1S/C8H8FNO2/c9-8(11)12-5-6-1-3-7(10)4-2-6/h1-4H,5,10H2. The van der Waals surface area contributed by atoms with E-state index in [4.69, 9.17) is 5.73 Å². The predicted octanol–water partition coefficient (Wildman–Crippen LogP) is 1.87. The molecule has 64 valence electrons. The van der Waals surface area contributed by atoms with E-state index in [1.165, 1.54) is 0 Å². The highest BCUT2D eigenvalue weighted by molar-refractivity contribution is 5.58. The number of nitrogen functional groups attached to an aromatic ring is 1. The molecule has 0 atom stereocenters. The average Bonchev–Trinajstić information content (AvgIpc) is 2.03. The Bertz CT molecular complexity index is 271. The third-order valence-electron chi connectivity index (χ3n) is 1.33. The molecule has 0 aliphatic heterocycles. The lowest BCUT2D eigenvalue weighted by atomic mass is 10.2. The lowest BCUT2D eigenvalue weighted by Crippen LogP contribution is -1.95. The molecule has 0 bridgehead atoms. The number of benzene rings is 1. The van der Waals surface area contributed by atoms with Gasteiger partial charge < -0.3 is 10.5 Å². The molecule has 0 saturated heterocycles. The van der Waals surface area contributed by atoms with Crippen LogP contribution in [0.3, 0.4) is 0 Å². The average molecular weight is 169 g/mol. The van der Waals surface area contributed by atoms with Crippen molar-refractivity contribution in [3.63, 3.8) is 0 Å². The third-order valence-corrected chi connectivity index (χ3v) is 1.33. The van der Waals surface area contributed by atoms with Crippen molar-refractivity contribution in [1.29, 1.82) is 0 Å². The molecule has 1 aromatic rings. The van der Waals surface area contributed by atoms with E-state index in [2.05, 4.69) is 4.74 Å². The van der Waals surface area contributed by atoms with Crippen molar-refractivity contribution >= 4 is 11.9 Å². The van der Waals surface area contributed by atoms with Crippen molar-refractivity contribution in [3.05, 3.63) is 29.8 Å². The fourth-order valence-electron chi connectivity index (χ4n) is 0.754. The van der Waals surface area contributed by atoms with Gasteiger partial charge in [-0.1, -0.05) is 12.1 Å². The summed E-state index contributed by atoms with van der Waals surface area (Å²) < 4.78 is 15.7. The van der Waals surface area contributed by atoms with Crippen molar-refractivity contribution < 1.29 is 13.9 Å². The van der Waals surface area contributed by atoms with Crippen LogP contribution >= 0.6 is 0 Å². The van der Waals surface area contributed by atoms with Crippen LogP contribution in [0.5, 0.6) is 0 Å². The maximum atomic E-state index is 11.6. The number of nitrogens with two attached hydrogens (primary N) is 1. The van der Waals surface area contributed by atoms with E-state index < -0.39 is 6.22 Å². The molecule has 3 nitrogen and oxygen atoms in total. The van der Waals surface area contributed by atoms with E-state index in [9.17, 15) is 9.18 Å². The van der Waals surface area contributed by atoms with Crippen LogP contribution in [0.25, 0.3) is 0 Å². The van der Waals surface area contributed by atoms with Crippen LogP contribution in [0.15, 0.2) is 24.3 Å². The van der Waals surface area contributed by atoms with Crippen molar-refractivity contribution in [2.75, 3.05) is 5.73 Å². The van der Waals surface area contributed by atoms with Gasteiger partial charge in [-0.2, -0.15) is 0 Å². The zero-order valence-corrected chi connectivity index (χ0v) is 6.29. The Kier molecular flexibility index (Phi) is 2.63. The summed E-state index contributed by atoms with van der Waals surface area (Å²) in [6.45, 7) is -0.0599. The smallest absolute Gasteiger partial charge is 0.435 e. The molecular weight excluding hydrogens is 161 g/mol. The lowest BCUT2D eigenvalue weighted by molar-refractivity contribution is 0.114. The molecule has 0 fully saturated rings. The van der Waals surface area contributed by atoms with E-state index in [0.717, 1.165) is 0 Å². The summed E-state index contributed by atoms with van der Waals surface area (Å²) in [7, 11) is 0. The molecule has 0 saturated carbocycles. The minimum absolute atomic E-state index is 0.0599. The molecule has 2 N–H and O–H groups in total. The number of anilines is 1. The first kappa shape index (κ1) is 8.52. The summed E-state index contributed by atoms with van der Waals surface area (Å²) in [6.07, 6.45) is -1.77. The zero-order valence-electron chi connectivity index (χ0n) is 6.29. The normalized spacial score (nSPS) is 9.42. The summed E-state index contributed by atoms with van der Waals surface area (Å²) in [5, 5.41) is 0. The van der Waals surface area contributed by atoms with Crippen molar-refractivity contribution in [1.82, 2.24) is 0 Å². The van der Waals surface area contributed by atoms with Crippen LogP contribution in [0.4, 0.5) is 14.9 Å². The van der Waals surface area contributed by atoms with E-state index in [1.807, 2.05) is 0 Å². The molecule has 0 radical (unpaired) electrons. The molecule has 0 spiro atoms. The maximum absolute atomic E-state index is 11.6. The Balaban J connectivity index is 2.53. The van der Waals surface area contributed by atoms with Crippen LogP contribution < -0.4 is 5.73 Å². The number of hydrogen-bond donors (Lipinski definition) is 1. The number of rotatable bonds is 2. The second-order valence-corrected chi connectivity index (χ2v) is 2.27. The molecule has 1 rings (SSSR count). The monoisotopic (exact) mass is 169 g/mol. The molecule has 0 aliphatic carbocycles. The van der Waals surface area contributed by atoms with Crippen molar-refractivity contribution in [3.8, 4) is 0 Å². The summed E-state index contributed by atoms with van der Waals surface area (Å²) in [6, 6.07) is 6.64. The van der Waals surface area contributed by atoms with Crippen molar-refractivity contribution in [2.45, 2.75) is 6.61 Å². The highest BCUT2D eigenvalue weighted by Gasteiger charge is 1.98. The Hall–Kier alpha value is -1.58. The first-order chi connectivity index (χ1) is 5.68. The SMILES string of the molecule is Nc1ccc(COC(=O)F)cc1. The molecule has 1 aromatic carbocycles. The van der Waals surface area contributed by atoms with Gasteiger partial charge in [0.15, 0.2) is 0 Å². The fraction of sp³-hybridized carbons (Fsp3) is 0.125. The van der Waals surface area contributed by atoms with Gasteiger partial charge in [-0.05, 0) is 17.7 Å². The minimum atomic E-state index is -1.77. The van der Waals surface area contributed by atoms with E-state index in [-0.39, 0.29) is 6.61 Å². The van der Waals surface area contributed by atoms with Gasteiger partial charge >= 0.3 is 6.22 Å². The first-order valence-corrected chi connectivity index (χ1v) is 3.35. The van der Waals surface area contributed by atoms with Gasteiger partial charge in [0.05, 0.1) is 0 Å². The topological polar surface area (TPSA) is 52.3 Å². The lowest BCUT2D eigenvalue weighted by Gasteiger charge is -1.99. The van der Waals surface area contributed by atoms with Gasteiger partial charge in [0, 0.05) is 5.69 Å². The van der Waals surface area contributed by atoms with Crippen molar-refractivity contribution in [2.24, 2.45) is 0 Å². The summed E-state index contributed by atoms with van der Waals surface area (Å²) in [4.78, 5) is 9.77. The zero-order chi connectivity index (χ0) is 8.97. The van der Waals surface area contributed by atoms with E-state index in [0.29, 0.717) is 11.3 Å².